The minimum absolute atomic E-state index is 0.211. The molecular weight excluding hydrogens is 380 g/mol. The number of aromatic nitrogens is 3. The van der Waals surface area contributed by atoms with Crippen molar-refractivity contribution in [3.05, 3.63) is 51.7 Å². The minimum atomic E-state index is -3.59. The Kier molecular flexibility index (Phi) is 5.24. The molecule has 9 heteroatoms. The molecule has 3 rings (SSSR count). The molecule has 0 aliphatic carbocycles. The van der Waals surface area contributed by atoms with Crippen LogP contribution in [0, 0.1) is 13.8 Å². The molecule has 0 bridgehead atoms. The molecule has 0 fully saturated rings. The van der Waals surface area contributed by atoms with Gasteiger partial charge in [-0.3, -0.25) is 5.10 Å². The molecule has 6 nitrogen and oxygen atoms in total. The zero-order valence-corrected chi connectivity index (χ0v) is 16.1. The Morgan fingerprint density at radius 2 is 2.04 bits per heavy atom. The van der Waals surface area contributed by atoms with Crippen LogP contribution in [0.2, 0.25) is 5.02 Å². The first kappa shape index (κ1) is 18.1. The van der Waals surface area contributed by atoms with Crippen LogP contribution < -0.4 is 4.72 Å². The van der Waals surface area contributed by atoms with Gasteiger partial charge in [0, 0.05) is 23.9 Å². The number of nitrogens with zero attached hydrogens (tertiary/aromatic N) is 2. The molecular formula is C16H17ClN4O2S2. The lowest BCUT2D eigenvalue weighted by Gasteiger charge is -2.06. The van der Waals surface area contributed by atoms with Crippen LogP contribution in [0.4, 0.5) is 0 Å². The third-order valence-electron chi connectivity index (χ3n) is 3.66. The molecule has 0 unspecified atom stereocenters. The Bertz CT molecular complexity index is 976. The average Bonchev–Trinajstić information content (AvgIpc) is 3.15. The molecule has 0 radical (unpaired) electrons. The molecule has 0 atom stereocenters. The van der Waals surface area contributed by atoms with E-state index in [1.54, 1.807) is 13.8 Å². The highest BCUT2D eigenvalue weighted by Gasteiger charge is 2.21. The molecule has 0 aliphatic rings. The van der Waals surface area contributed by atoms with Crippen molar-refractivity contribution in [1.82, 2.24) is 19.9 Å². The van der Waals surface area contributed by atoms with Gasteiger partial charge in [-0.05, 0) is 19.9 Å². The maximum absolute atomic E-state index is 12.4. The molecule has 1 aromatic carbocycles. The van der Waals surface area contributed by atoms with Crippen LogP contribution >= 0.6 is 22.9 Å². The van der Waals surface area contributed by atoms with E-state index in [4.69, 9.17) is 11.6 Å². The summed E-state index contributed by atoms with van der Waals surface area (Å²) in [4.78, 5) is 4.75. The first-order valence-electron chi connectivity index (χ1n) is 7.59. The van der Waals surface area contributed by atoms with E-state index in [0.717, 1.165) is 16.3 Å². The molecule has 0 amide bonds. The summed E-state index contributed by atoms with van der Waals surface area (Å²) < 4.78 is 27.4. The number of aryl methyl sites for hydroxylation is 2. The van der Waals surface area contributed by atoms with E-state index in [1.165, 1.54) is 11.3 Å². The predicted molar refractivity (Wildman–Crippen MR) is 99.5 cm³/mol. The van der Waals surface area contributed by atoms with E-state index in [1.807, 2.05) is 29.6 Å². The van der Waals surface area contributed by atoms with E-state index in [0.29, 0.717) is 22.8 Å². The fourth-order valence-electron chi connectivity index (χ4n) is 2.50. The van der Waals surface area contributed by atoms with Crippen LogP contribution in [-0.2, 0) is 16.4 Å². The van der Waals surface area contributed by atoms with Crippen LogP contribution in [0.5, 0.6) is 0 Å². The fourth-order valence-corrected chi connectivity index (χ4v) is 5.08. The zero-order chi connectivity index (χ0) is 18.0. The Hall–Kier alpha value is -1.74. The molecule has 0 spiro atoms. The number of thiazole rings is 1. The smallest absolute Gasteiger partial charge is 0.244 e. The third-order valence-corrected chi connectivity index (χ3v) is 6.64. The summed E-state index contributed by atoms with van der Waals surface area (Å²) in [5.74, 6) is 0. The summed E-state index contributed by atoms with van der Waals surface area (Å²) in [6.45, 7) is 3.61. The molecule has 0 saturated carbocycles. The van der Waals surface area contributed by atoms with Crippen molar-refractivity contribution in [2.24, 2.45) is 0 Å². The number of halogens is 1. The summed E-state index contributed by atoms with van der Waals surface area (Å²) in [5, 5.41) is 10.0. The van der Waals surface area contributed by atoms with Gasteiger partial charge in [-0.15, -0.1) is 11.3 Å². The van der Waals surface area contributed by atoms with Crippen molar-refractivity contribution in [1.29, 1.82) is 0 Å². The van der Waals surface area contributed by atoms with Crippen LogP contribution in [0.3, 0.4) is 0 Å². The van der Waals surface area contributed by atoms with Crippen molar-refractivity contribution in [2.75, 3.05) is 6.54 Å². The van der Waals surface area contributed by atoms with Gasteiger partial charge in [-0.2, -0.15) is 5.10 Å². The quantitative estimate of drug-likeness (QED) is 0.669. The molecule has 0 saturated heterocycles. The van der Waals surface area contributed by atoms with Gasteiger partial charge in [0.2, 0.25) is 10.0 Å². The van der Waals surface area contributed by atoms with Gasteiger partial charge >= 0.3 is 0 Å². The van der Waals surface area contributed by atoms with E-state index in [-0.39, 0.29) is 11.4 Å². The Balaban J connectivity index is 1.66. The summed E-state index contributed by atoms with van der Waals surface area (Å²) >= 11 is 7.67. The number of benzene rings is 1. The van der Waals surface area contributed by atoms with Gasteiger partial charge in [0.25, 0.3) is 0 Å². The highest BCUT2D eigenvalue weighted by molar-refractivity contribution is 7.89. The van der Waals surface area contributed by atoms with E-state index >= 15 is 0 Å². The first-order chi connectivity index (χ1) is 11.9. The Labute approximate surface area is 155 Å². The highest BCUT2D eigenvalue weighted by Crippen LogP contribution is 2.30. The maximum Gasteiger partial charge on any atom is 0.244 e. The highest BCUT2D eigenvalue weighted by atomic mass is 35.5. The second-order valence-electron chi connectivity index (χ2n) is 5.53. The fraction of sp³-hybridized carbons (Fsp3) is 0.250. The van der Waals surface area contributed by atoms with Crippen molar-refractivity contribution >= 4 is 33.0 Å². The second-order valence-corrected chi connectivity index (χ2v) is 8.50. The molecule has 25 heavy (non-hydrogen) atoms. The third kappa shape index (κ3) is 3.92. The lowest BCUT2D eigenvalue weighted by molar-refractivity contribution is 0.580. The maximum atomic E-state index is 12.4. The van der Waals surface area contributed by atoms with Gasteiger partial charge in [0.05, 0.1) is 22.1 Å². The molecule has 2 aromatic heterocycles. The van der Waals surface area contributed by atoms with Crippen molar-refractivity contribution < 1.29 is 8.42 Å². The monoisotopic (exact) mass is 396 g/mol. The minimum Gasteiger partial charge on any atom is -0.281 e. The number of hydrogen-bond donors (Lipinski definition) is 2. The molecule has 132 valence electrons. The summed E-state index contributed by atoms with van der Waals surface area (Å²) in [5.41, 5.74) is 2.69. The van der Waals surface area contributed by atoms with Gasteiger partial charge in [0.1, 0.15) is 9.90 Å². The lowest BCUT2D eigenvalue weighted by Crippen LogP contribution is -2.27. The van der Waals surface area contributed by atoms with Gasteiger partial charge in [-0.25, -0.2) is 18.1 Å². The lowest BCUT2D eigenvalue weighted by atomic mass is 10.2. The van der Waals surface area contributed by atoms with Crippen LogP contribution in [0.15, 0.2) is 34.5 Å². The predicted octanol–water partition coefficient (Wildman–Crippen LogP) is 3.32. The van der Waals surface area contributed by atoms with Gasteiger partial charge < -0.3 is 0 Å². The second kappa shape index (κ2) is 7.25. The van der Waals surface area contributed by atoms with Crippen LogP contribution in [-0.4, -0.2) is 30.1 Å². The van der Waals surface area contributed by atoms with E-state index in [9.17, 15) is 8.42 Å². The number of hydrogen-bond acceptors (Lipinski definition) is 5. The summed E-state index contributed by atoms with van der Waals surface area (Å²) in [6.07, 6.45) is 0.496. The normalized spacial score (nSPS) is 11.8. The van der Waals surface area contributed by atoms with E-state index < -0.39 is 10.0 Å². The number of sulfonamides is 1. The Morgan fingerprint density at radius 3 is 2.72 bits per heavy atom. The molecule has 3 aromatic rings. The van der Waals surface area contributed by atoms with Crippen molar-refractivity contribution in [2.45, 2.75) is 25.2 Å². The van der Waals surface area contributed by atoms with E-state index in [2.05, 4.69) is 19.9 Å². The van der Waals surface area contributed by atoms with Crippen molar-refractivity contribution in [3.63, 3.8) is 0 Å². The average molecular weight is 397 g/mol. The number of nitrogens with one attached hydrogen (secondary N) is 2. The number of H-pyrrole nitrogens is 1. The largest absolute Gasteiger partial charge is 0.281 e. The standard InChI is InChI=1S/C16H17ClN4O2S2/c1-10-15(11(2)21-20-10)25(22,23)18-8-7-12-9-24-16(19-12)13-5-3-4-6-14(13)17/h3-6,9,18H,7-8H2,1-2H3,(H,20,21). The van der Waals surface area contributed by atoms with Gasteiger partial charge in [0.15, 0.2) is 0 Å². The van der Waals surface area contributed by atoms with Gasteiger partial charge in [-0.1, -0.05) is 29.8 Å². The van der Waals surface area contributed by atoms with Crippen molar-refractivity contribution in [3.8, 4) is 10.6 Å². The summed E-state index contributed by atoms with van der Waals surface area (Å²) in [6, 6.07) is 7.51. The molecule has 2 N–H and O–H groups in total. The summed E-state index contributed by atoms with van der Waals surface area (Å²) in [7, 11) is -3.59. The number of rotatable bonds is 6. The SMILES string of the molecule is Cc1n[nH]c(C)c1S(=O)(=O)NCCc1csc(-c2ccccc2Cl)n1. The zero-order valence-electron chi connectivity index (χ0n) is 13.7. The molecule has 0 aliphatic heterocycles. The number of aromatic amines is 1. The topological polar surface area (TPSA) is 87.7 Å². The van der Waals surface area contributed by atoms with Crippen LogP contribution in [0.25, 0.3) is 10.6 Å². The van der Waals surface area contributed by atoms with Crippen LogP contribution in [0.1, 0.15) is 17.1 Å². The first-order valence-corrected chi connectivity index (χ1v) is 10.3. The Morgan fingerprint density at radius 1 is 1.28 bits per heavy atom. The molecule has 2 heterocycles.